The highest BCUT2D eigenvalue weighted by Gasteiger charge is 2.13. The van der Waals surface area contributed by atoms with Gasteiger partial charge in [-0.1, -0.05) is 0 Å². The number of nitrogens with one attached hydrogen (secondary N) is 1. The van der Waals surface area contributed by atoms with E-state index in [2.05, 4.69) is 31.2 Å². The van der Waals surface area contributed by atoms with E-state index >= 15 is 0 Å². The van der Waals surface area contributed by atoms with Crippen molar-refractivity contribution >= 4 is 38.3 Å². The predicted octanol–water partition coefficient (Wildman–Crippen LogP) is 4.55. The Morgan fingerprint density at radius 2 is 1.71 bits per heavy atom. The molecule has 0 saturated carbocycles. The lowest BCUT2D eigenvalue weighted by Crippen LogP contribution is -2.00. The Balaban J connectivity index is 2.11. The molecule has 0 aliphatic heterocycles. The molecule has 3 nitrogen and oxygen atoms in total. The van der Waals surface area contributed by atoms with Crippen molar-refractivity contribution in [1.82, 2.24) is 9.97 Å². The average molecular weight is 354 g/mol. The first kappa shape index (κ1) is 13.8. The number of aromatic nitrogens is 2. The lowest BCUT2D eigenvalue weighted by Gasteiger charge is -2.10. The van der Waals surface area contributed by atoms with Crippen molar-refractivity contribution < 1.29 is 13.2 Å². The Morgan fingerprint density at radius 3 is 2.43 bits per heavy atom. The van der Waals surface area contributed by atoms with Crippen LogP contribution >= 0.6 is 15.9 Å². The number of pyridine rings is 2. The molecule has 7 heteroatoms. The van der Waals surface area contributed by atoms with Crippen LogP contribution in [0.15, 0.2) is 41.1 Å². The van der Waals surface area contributed by atoms with Gasteiger partial charge in [0.1, 0.15) is 17.0 Å². The molecule has 0 fully saturated rings. The van der Waals surface area contributed by atoms with Crippen LogP contribution in [0.2, 0.25) is 0 Å². The minimum absolute atomic E-state index is 0.372. The standard InChI is InChI=1S/C14H7BrF3N3/c15-7-3-12-14(20-6-7)11(1-2-19-12)21-13-9(17)4-8(16)5-10(13)18/h1-6H,(H,19,21). The molecule has 0 amide bonds. The first-order chi connectivity index (χ1) is 10.0. The Kier molecular flexibility index (Phi) is 3.50. The molecule has 2 heterocycles. The van der Waals surface area contributed by atoms with Crippen molar-refractivity contribution in [2.45, 2.75) is 0 Å². The first-order valence-electron chi connectivity index (χ1n) is 5.86. The first-order valence-corrected chi connectivity index (χ1v) is 6.66. The van der Waals surface area contributed by atoms with E-state index in [0.717, 1.165) is 4.47 Å². The minimum atomic E-state index is -1.02. The van der Waals surface area contributed by atoms with Crippen LogP contribution in [0.4, 0.5) is 24.5 Å². The van der Waals surface area contributed by atoms with Gasteiger partial charge < -0.3 is 5.32 Å². The maximum Gasteiger partial charge on any atom is 0.152 e. The Labute approximate surface area is 126 Å². The van der Waals surface area contributed by atoms with Crippen molar-refractivity contribution in [1.29, 1.82) is 0 Å². The topological polar surface area (TPSA) is 37.8 Å². The van der Waals surface area contributed by atoms with Crippen LogP contribution in [0.25, 0.3) is 11.0 Å². The minimum Gasteiger partial charge on any atom is -0.349 e. The molecule has 0 bridgehead atoms. The van der Waals surface area contributed by atoms with Crippen LogP contribution in [0.3, 0.4) is 0 Å². The molecular weight excluding hydrogens is 347 g/mol. The average Bonchev–Trinajstić information content (AvgIpc) is 2.42. The van der Waals surface area contributed by atoms with E-state index < -0.39 is 23.1 Å². The van der Waals surface area contributed by atoms with E-state index in [1.165, 1.54) is 12.3 Å². The zero-order valence-corrected chi connectivity index (χ0v) is 12.0. The number of anilines is 2. The van der Waals surface area contributed by atoms with Gasteiger partial charge in [-0.2, -0.15) is 0 Å². The van der Waals surface area contributed by atoms with Crippen LogP contribution in [-0.4, -0.2) is 9.97 Å². The van der Waals surface area contributed by atoms with Crippen LogP contribution in [0, 0.1) is 17.5 Å². The van der Waals surface area contributed by atoms with Crippen LogP contribution < -0.4 is 5.32 Å². The van der Waals surface area contributed by atoms with E-state index in [1.54, 1.807) is 12.3 Å². The van der Waals surface area contributed by atoms with E-state index in [-0.39, 0.29) is 0 Å². The third-order valence-electron chi connectivity index (χ3n) is 2.81. The monoisotopic (exact) mass is 353 g/mol. The molecule has 0 spiro atoms. The zero-order chi connectivity index (χ0) is 15.0. The summed E-state index contributed by atoms with van der Waals surface area (Å²) in [6, 6.07) is 4.48. The van der Waals surface area contributed by atoms with Gasteiger partial charge in [0.25, 0.3) is 0 Å². The molecule has 21 heavy (non-hydrogen) atoms. The number of rotatable bonds is 2. The number of benzene rings is 1. The maximum atomic E-state index is 13.7. The Bertz CT molecular complexity index is 816. The smallest absolute Gasteiger partial charge is 0.152 e. The summed E-state index contributed by atoms with van der Waals surface area (Å²) in [4.78, 5) is 8.29. The summed E-state index contributed by atoms with van der Waals surface area (Å²) in [5.74, 6) is -3.01. The van der Waals surface area contributed by atoms with E-state index in [9.17, 15) is 13.2 Å². The summed E-state index contributed by atoms with van der Waals surface area (Å²) in [5.41, 5.74) is 0.937. The fourth-order valence-corrected chi connectivity index (χ4v) is 2.22. The highest BCUT2D eigenvalue weighted by Crippen LogP contribution is 2.28. The molecule has 3 rings (SSSR count). The van der Waals surface area contributed by atoms with E-state index in [0.29, 0.717) is 28.9 Å². The number of hydrogen-bond donors (Lipinski definition) is 1. The maximum absolute atomic E-state index is 13.7. The van der Waals surface area contributed by atoms with E-state index in [4.69, 9.17) is 0 Å². The second-order valence-electron chi connectivity index (χ2n) is 4.25. The van der Waals surface area contributed by atoms with Crippen LogP contribution in [0.5, 0.6) is 0 Å². The molecule has 0 radical (unpaired) electrons. The molecule has 0 aliphatic carbocycles. The van der Waals surface area contributed by atoms with Crippen molar-refractivity contribution in [3.8, 4) is 0 Å². The Hall–Kier alpha value is -2.15. The van der Waals surface area contributed by atoms with Crippen molar-refractivity contribution in [2.24, 2.45) is 0 Å². The molecule has 1 N–H and O–H groups in total. The number of fused-ring (bicyclic) bond motifs is 1. The number of nitrogens with zero attached hydrogens (tertiary/aromatic N) is 2. The molecule has 3 aromatic rings. The third-order valence-corrected chi connectivity index (χ3v) is 3.24. The van der Waals surface area contributed by atoms with Gasteiger partial charge in [-0.25, -0.2) is 13.2 Å². The second-order valence-corrected chi connectivity index (χ2v) is 5.16. The quantitative estimate of drug-likeness (QED) is 0.734. The number of halogens is 4. The summed E-state index contributed by atoms with van der Waals surface area (Å²) in [7, 11) is 0. The normalized spacial score (nSPS) is 10.9. The zero-order valence-electron chi connectivity index (χ0n) is 10.4. The fourth-order valence-electron chi connectivity index (χ4n) is 1.90. The lowest BCUT2D eigenvalue weighted by atomic mass is 10.2. The van der Waals surface area contributed by atoms with Gasteiger partial charge in [0, 0.05) is 29.0 Å². The van der Waals surface area contributed by atoms with Gasteiger partial charge in [0.15, 0.2) is 11.6 Å². The van der Waals surface area contributed by atoms with Gasteiger partial charge in [-0.15, -0.1) is 0 Å². The van der Waals surface area contributed by atoms with E-state index in [1.807, 2.05) is 0 Å². The molecule has 2 aromatic heterocycles. The second kappa shape index (κ2) is 5.33. The fraction of sp³-hybridized carbons (Fsp3) is 0. The molecule has 1 aromatic carbocycles. The Morgan fingerprint density at radius 1 is 1.00 bits per heavy atom. The highest BCUT2D eigenvalue weighted by molar-refractivity contribution is 9.10. The summed E-state index contributed by atoms with van der Waals surface area (Å²) in [6.07, 6.45) is 3.03. The molecule has 0 aliphatic rings. The van der Waals surface area contributed by atoms with Crippen LogP contribution in [-0.2, 0) is 0 Å². The summed E-state index contributed by atoms with van der Waals surface area (Å²) >= 11 is 3.27. The summed E-state index contributed by atoms with van der Waals surface area (Å²) in [6.45, 7) is 0. The molecule has 0 unspecified atom stereocenters. The summed E-state index contributed by atoms with van der Waals surface area (Å²) < 4.78 is 41.0. The van der Waals surface area contributed by atoms with Gasteiger partial charge in [0.2, 0.25) is 0 Å². The number of hydrogen-bond acceptors (Lipinski definition) is 3. The van der Waals surface area contributed by atoms with Crippen molar-refractivity contribution in [2.75, 3.05) is 5.32 Å². The SMILES string of the molecule is Fc1cc(F)c(Nc2ccnc3cc(Br)cnc23)c(F)c1. The van der Waals surface area contributed by atoms with Crippen LogP contribution in [0.1, 0.15) is 0 Å². The third kappa shape index (κ3) is 2.69. The van der Waals surface area contributed by atoms with Gasteiger partial charge in [-0.05, 0) is 28.1 Å². The highest BCUT2D eigenvalue weighted by atomic mass is 79.9. The largest absolute Gasteiger partial charge is 0.349 e. The lowest BCUT2D eigenvalue weighted by molar-refractivity contribution is 0.549. The van der Waals surface area contributed by atoms with Gasteiger partial charge in [-0.3, -0.25) is 9.97 Å². The van der Waals surface area contributed by atoms with Crippen molar-refractivity contribution in [3.63, 3.8) is 0 Å². The van der Waals surface area contributed by atoms with Gasteiger partial charge >= 0.3 is 0 Å². The molecule has 0 saturated heterocycles. The molecular formula is C14H7BrF3N3. The summed E-state index contributed by atoms with van der Waals surface area (Å²) in [5, 5.41) is 2.60. The van der Waals surface area contributed by atoms with Crippen molar-refractivity contribution in [3.05, 3.63) is 58.6 Å². The molecule has 106 valence electrons. The predicted molar refractivity (Wildman–Crippen MR) is 76.8 cm³/mol. The van der Waals surface area contributed by atoms with Gasteiger partial charge in [0.05, 0.1) is 11.2 Å². The molecule has 0 atom stereocenters.